The van der Waals surface area contributed by atoms with Gasteiger partial charge in [-0.1, -0.05) is 39.7 Å². The number of phenols is 1. The molecule has 0 atom stereocenters. The number of halogens is 2. The van der Waals surface area contributed by atoms with Crippen molar-refractivity contribution in [2.75, 3.05) is 10.2 Å². The van der Waals surface area contributed by atoms with Gasteiger partial charge in [0, 0.05) is 15.1 Å². The number of hydrogen-bond acceptors (Lipinski definition) is 6. The van der Waals surface area contributed by atoms with Crippen LogP contribution in [-0.2, 0) is 9.59 Å². The molecule has 2 amide bonds. The fourth-order valence-corrected chi connectivity index (χ4v) is 4.77. The standard InChI is InChI=1S/C24H14BrClN4O3S/c25-14-3-6-16(7-4-14)30-23(33)20(11-13-1-8-17(31)9-2-13)34-24(30)29-28-21-18-12-15(26)5-10-19(18)27-22(21)32/h1-12,31H,(H,27,28,32). The topological polar surface area (TPSA) is 94.4 Å². The molecule has 3 aromatic rings. The van der Waals surface area contributed by atoms with Crippen LogP contribution in [0.4, 0.5) is 11.4 Å². The molecule has 0 unspecified atom stereocenters. The number of aromatic hydroxyl groups is 1. The van der Waals surface area contributed by atoms with E-state index in [1.165, 1.54) is 4.90 Å². The molecule has 0 spiro atoms. The third-order valence-electron chi connectivity index (χ3n) is 5.02. The van der Waals surface area contributed by atoms with Crippen molar-refractivity contribution in [1.82, 2.24) is 0 Å². The van der Waals surface area contributed by atoms with Crippen LogP contribution in [0.2, 0.25) is 5.02 Å². The molecule has 2 aliphatic rings. The fourth-order valence-electron chi connectivity index (χ4n) is 3.40. The predicted molar refractivity (Wildman–Crippen MR) is 139 cm³/mol. The van der Waals surface area contributed by atoms with Crippen molar-refractivity contribution in [3.05, 3.63) is 92.3 Å². The van der Waals surface area contributed by atoms with E-state index in [4.69, 9.17) is 11.6 Å². The highest BCUT2D eigenvalue weighted by molar-refractivity contribution is 9.10. The summed E-state index contributed by atoms with van der Waals surface area (Å²) in [6, 6.07) is 18.7. The molecule has 0 aliphatic carbocycles. The normalized spacial score (nSPS) is 18.8. The molecule has 2 heterocycles. The third-order valence-corrected chi connectivity index (χ3v) is 6.74. The molecule has 34 heavy (non-hydrogen) atoms. The number of thioether (sulfide) groups is 1. The minimum atomic E-state index is -0.397. The summed E-state index contributed by atoms with van der Waals surface area (Å²) in [6.45, 7) is 0. The number of nitrogens with zero attached hydrogens (tertiary/aromatic N) is 3. The second kappa shape index (κ2) is 9.09. The van der Waals surface area contributed by atoms with E-state index in [1.54, 1.807) is 60.7 Å². The molecule has 0 aromatic heterocycles. The molecule has 0 saturated carbocycles. The monoisotopic (exact) mass is 552 g/mol. The van der Waals surface area contributed by atoms with Gasteiger partial charge in [-0.25, -0.2) is 0 Å². The Bertz CT molecular complexity index is 1420. The predicted octanol–water partition coefficient (Wildman–Crippen LogP) is 5.64. The molecular formula is C24H14BrClN4O3S. The molecule has 3 aromatic carbocycles. The maximum atomic E-state index is 13.3. The maximum Gasteiger partial charge on any atom is 0.276 e. The van der Waals surface area contributed by atoms with E-state index < -0.39 is 5.91 Å². The van der Waals surface area contributed by atoms with Crippen LogP contribution in [0.3, 0.4) is 0 Å². The minimum Gasteiger partial charge on any atom is -0.508 e. The molecule has 0 bridgehead atoms. The summed E-state index contributed by atoms with van der Waals surface area (Å²) in [5.41, 5.74) is 2.61. The van der Waals surface area contributed by atoms with Gasteiger partial charge in [0.15, 0.2) is 5.71 Å². The van der Waals surface area contributed by atoms with Gasteiger partial charge in [0.1, 0.15) is 5.75 Å². The lowest BCUT2D eigenvalue weighted by atomic mass is 10.1. The first-order valence-corrected chi connectivity index (χ1v) is 11.9. The van der Waals surface area contributed by atoms with E-state index >= 15 is 0 Å². The van der Waals surface area contributed by atoms with Crippen LogP contribution in [0.25, 0.3) is 6.08 Å². The largest absolute Gasteiger partial charge is 0.508 e. The highest BCUT2D eigenvalue weighted by atomic mass is 79.9. The summed E-state index contributed by atoms with van der Waals surface area (Å²) >= 11 is 10.6. The van der Waals surface area contributed by atoms with Crippen molar-refractivity contribution in [2.24, 2.45) is 10.2 Å². The number of carbonyl (C=O) groups is 2. The Morgan fingerprint density at radius 1 is 1.00 bits per heavy atom. The van der Waals surface area contributed by atoms with Gasteiger partial charge in [-0.2, -0.15) is 0 Å². The minimum absolute atomic E-state index is 0.116. The van der Waals surface area contributed by atoms with Crippen LogP contribution >= 0.6 is 39.3 Å². The maximum absolute atomic E-state index is 13.3. The second-order valence-corrected chi connectivity index (χ2v) is 9.66. The summed E-state index contributed by atoms with van der Waals surface area (Å²) in [7, 11) is 0. The number of phenolic OH excluding ortho intramolecular Hbond substituents is 1. The number of nitrogens with one attached hydrogen (secondary N) is 1. The summed E-state index contributed by atoms with van der Waals surface area (Å²) in [6.07, 6.45) is 1.71. The van der Waals surface area contributed by atoms with Crippen molar-refractivity contribution in [3.8, 4) is 5.75 Å². The molecule has 1 fully saturated rings. The van der Waals surface area contributed by atoms with E-state index in [0.717, 1.165) is 21.8 Å². The average molecular weight is 554 g/mol. The van der Waals surface area contributed by atoms with Crippen molar-refractivity contribution in [3.63, 3.8) is 0 Å². The van der Waals surface area contributed by atoms with Gasteiger partial charge in [-0.05, 0) is 78.0 Å². The van der Waals surface area contributed by atoms with Gasteiger partial charge in [-0.3, -0.25) is 14.5 Å². The highest BCUT2D eigenvalue weighted by Crippen LogP contribution is 2.37. The van der Waals surface area contributed by atoms with Gasteiger partial charge >= 0.3 is 0 Å². The molecule has 168 valence electrons. The van der Waals surface area contributed by atoms with E-state index in [9.17, 15) is 14.7 Å². The number of rotatable bonds is 3. The Labute approximate surface area is 212 Å². The van der Waals surface area contributed by atoms with Crippen LogP contribution < -0.4 is 10.2 Å². The molecule has 2 N–H and O–H groups in total. The van der Waals surface area contributed by atoms with Crippen molar-refractivity contribution < 1.29 is 14.7 Å². The Hall–Kier alpha value is -3.40. The molecule has 1 saturated heterocycles. The molecule has 10 heteroatoms. The lowest BCUT2D eigenvalue weighted by molar-refractivity contribution is -0.113. The first kappa shape index (κ1) is 22.4. The lowest BCUT2D eigenvalue weighted by Gasteiger charge is -2.14. The lowest BCUT2D eigenvalue weighted by Crippen LogP contribution is -2.28. The van der Waals surface area contributed by atoms with Crippen LogP contribution in [0, 0.1) is 0 Å². The number of fused-ring (bicyclic) bond motifs is 1. The van der Waals surface area contributed by atoms with Crippen LogP contribution in [0.5, 0.6) is 5.75 Å². The number of benzene rings is 3. The van der Waals surface area contributed by atoms with Crippen molar-refractivity contribution >= 4 is 79.4 Å². The summed E-state index contributed by atoms with van der Waals surface area (Å²) in [5, 5.41) is 21.5. The van der Waals surface area contributed by atoms with Crippen molar-refractivity contribution in [2.45, 2.75) is 0 Å². The summed E-state index contributed by atoms with van der Waals surface area (Å²) < 4.78 is 0.866. The van der Waals surface area contributed by atoms with Gasteiger partial charge in [-0.15, -0.1) is 10.2 Å². The molecule has 2 aliphatic heterocycles. The zero-order valence-corrected chi connectivity index (χ0v) is 20.4. The Morgan fingerprint density at radius 3 is 2.47 bits per heavy atom. The summed E-state index contributed by atoms with van der Waals surface area (Å²) in [4.78, 5) is 27.6. The molecule has 0 radical (unpaired) electrons. The van der Waals surface area contributed by atoms with E-state index in [0.29, 0.717) is 32.0 Å². The fraction of sp³-hybridized carbons (Fsp3) is 0. The second-order valence-electron chi connectivity index (χ2n) is 7.29. The van der Waals surface area contributed by atoms with Gasteiger partial charge in [0.05, 0.1) is 16.3 Å². The quantitative estimate of drug-likeness (QED) is 0.324. The number of amidine groups is 1. The van der Waals surface area contributed by atoms with Crippen LogP contribution in [-0.4, -0.2) is 27.8 Å². The number of amides is 2. The van der Waals surface area contributed by atoms with Crippen LogP contribution in [0.15, 0.2) is 86.3 Å². The first-order valence-electron chi connectivity index (χ1n) is 9.94. The van der Waals surface area contributed by atoms with E-state index in [-0.39, 0.29) is 17.4 Å². The molecule has 7 nitrogen and oxygen atoms in total. The SMILES string of the molecule is O=C1Nc2ccc(Cl)cc2C1=NN=C1SC(=Cc2ccc(O)cc2)C(=O)N1c1ccc(Br)cc1. The van der Waals surface area contributed by atoms with Gasteiger partial charge in [0.25, 0.3) is 11.8 Å². The first-order chi connectivity index (χ1) is 16.4. The molecular weight excluding hydrogens is 540 g/mol. The van der Waals surface area contributed by atoms with Gasteiger partial charge in [0.2, 0.25) is 5.17 Å². The number of hydrogen-bond donors (Lipinski definition) is 2. The number of anilines is 2. The summed E-state index contributed by atoms with van der Waals surface area (Å²) in [5.74, 6) is -0.540. The Morgan fingerprint density at radius 2 is 1.74 bits per heavy atom. The zero-order valence-electron chi connectivity index (χ0n) is 17.2. The Kier molecular flexibility index (Phi) is 5.99. The third kappa shape index (κ3) is 4.37. The van der Waals surface area contributed by atoms with Gasteiger partial charge < -0.3 is 10.4 Å². The smallest absolute Gasteiger partial charge is 0.276 e. The van der Waals surface area contributed by atoms with E-state index in [1.807, 2.05) is 12.1 Å². The Balaban J connectivity index is 1.57. The zero-order chi connectivity index (χ0) is 23.8. The highest BCUT2D eigenvalue weighted by Gasteiger charge is 2.35. The van der Waals surface area contributed by atoms with Crippen LogP contribution in [0.1, 0.15) is 11.1 Å². The van der Waals surface area contributed by atoms with Crippen molar-refractivity contribution in [1.29, 1.82) is 0 Å². The van der Waals surface area contributed by atoms with E-state index in [2.05, 4.69) is 31.4 Å². The number of carbonyl (C=O) groups excluding carboxylic acids is 2. The molecule has 5 rings (SSSR count). The average Bonchev–Trinajstić information content (AvgIpc) is 3.29.